The number of sulfonamides is 1. The van der Waals surface area contributed by atoms with Crippen molar-refractivity contribution >= 4 is 32.6 Å². The van der Waals surface area contributed by atoms with Crippen molar-refractivity contribution in [3.05, 3.63) is 70.1 Å². The van der Waals surface area contributed by atoms with Gasteiger partial charge in [0.2, 0.25) is 10.0 Å². The van der Waals surface area contributed by atoms with E-state index in [-0.39, 0.29) is 21.7 Å². The zero-order valence-corrected chi connectivity index (χ0v) is 18.6. The molecule has 0 atom stereocenters. The zero-order chi connectivity index (χ0) is 23.5. The second-order valence-corrected chi connectivity index (χ2v) is 8.79. The zero-order valence-electron chi connectivity index (χ0n) is 17.8. The highest BCUT2D eigenvalue weighted by Gasteiger charge is 2.23. The van der Waals surface area contributed by atoms with E-state index in [4.69, 9.17) is 0 Å². The van der Waals surface area contributed by atoms with E-state index in [2.05, 4.69) is 16.0 Å². The van der Waals surface area contributed by atoms with E-state index in [1.807, 2.05) is 0 Å². The lowest BCUT2D eigenvalue weighted by atomic mass is 10.1. The SMILES string of the molecule is CCN(CC)S(=O)(=O)c1cccc(C(=O)NNC(=O)c2nn(C)c(=O)c3ccccc23)c1. The standard InChI is InChI=1S/C21H23N5O5S/c1-4-26(5-2)32(30,31)15-10-8-9-14(13-15)19(27)22-23-20(28)18-16-11-6-7-12-17(16)21(29)25(3)24-18/h6-13H,4-5H2,1-3H3,(H,22,27)(H,23,28). The van der Waals surface area contributed by atoms with E-state index in [0.717, 1.165) is 4.68 Å². The highest BCUT2D eigenvalue weighted by Crippen LogP contribution is 2.17. The third-order valence-electron chi connectivity index (χ3n) is 4.90. The fourth-order valence-corrected chi connectivity index (χ4v) is 4.73. The average molecular weight is 458 g/mol. The van der Waals surface area contributed by atoms with Crippen LogP contribution < -0.4 is 16.4 Å². The molecule has 0 aliphatic carbocycles. The Hall–Kier alpha value is -3.57. The Morgan fingerprint density at radius 2 is 1.59 bits per heavy atom. The number of aryl methyl sites for hydroxylation is 1. The van der Waals surface area contributed by atoms with Crippen LogP contribution in [0.4, 0.5) is 0 Å². The molecule has 10 nitrogen and oxygen atoms in total. The van der Waals surface area contributed by atoms with Crippen molar-refractivity contribution in [2.45, 2.75) is 18.7 Å². The first-order valence-electron chi connectivity index (χ1n) is 9.87. The predicted molar refractivity (Wildman–Crippen MR) is 118 cm³/mol. The molecular formula is C21H23N5O5S. The average Bonchev–Trinajstić information content (AvgIpc) is 2.80. The number of hydrazine groups is 1. The summed E-state index contributed by atoms with van der Waals surface area (Å²) >= 11 is 0. The maximum atomic E-state index is 12.7. The molecule has 1 heterocycles. The molecule has 11 heteroatoms. The van der Waals surface area contributed by atoms with Crippen LogP contribution in [0.15, 0.2) is 58.2 Å². The smallest absolute Gasteiger partial charge is 0.267 e. The van der Waals surface area contributed by atoms with Gasteiger partial charge in [0, 0.05) is 31.1 Å². The summed E-state index contributed by atoms with van der Waals surface area (Å²) in [5.41, 5.74) is 4.18. The van der Waals surface area contributed by atoms with Gasteiger partial charge in [-0.2, -0.15) is 9.40 Å². The van der Waals surface area contributed by atoms with E-state index >= 15 is 0 Å². The van der Waals surface area contributed by atoms with E-state index in [0.29, 0.717) is 23.9 Å². The first-order valence-corrected chi connectivity index (χ1v) is 11.3. The summed E-state index contributed by atoms with van der Waals surface area (Å²) in [5.74, 6) is -1.43. The van der Waals surface area contributed by atoms with Crippen molar-refractivity contribution in [3.63, 3.8) is 0 Å². The maximum absolute atomic E-state index is 12.7. The third kappa shape index (κ3) is 4.39. The number of aromatic nitrogens is 2. The number of nitrogens with zero attached hydrogens (tertiary/aromatic N) is 3. The molecular weight excluding hydrogens is 434 g/mol. The molecule has 32 heavy (non-hydrogen) atoms. The summed E-state index contributed by atoms with van der Waals surface area (Å²) in [4.78, 5) is 37.4. The quantitative estimate of drug-likeness (QED) is 0.532. The number of carbonyl (C=O) groups excluding carboxylic acids is 2. The highest BCUT2D eigenvalue weighted by molar-refractivity contribution is 7.89. The molecule has 168 valence electrons. The van der Waals surface area contributed by atoms with Crippen molar-refractivity contribution in [3.8, 4) is 0 Å². The number of benzene rings is 2. The number of carbonyl (C=O) groups is 2. The lowest BCUT2D eigenvalue weighted by Crippen LogP contribution is -2.42. The number of nitrogens with one attached hydrogen (secondary N) is 2. The Morgan fingerprint density at radius 3 is 2.25 bits per heavy atom. The molecule has 2 amide bonds. The summed E-state index contributed by atoms with van der Waals surface area (Å²) in [5, 5.41) is 4.65. The lowest BCUT2D eigenvalue weighted by molar-refractivity contribution is 0.0843. The van der Waals surface area contributed by atoms with E-state index in [1.165, 1.54) is 35.6 Å². The molecule has 0 bridgehead atoms. The monoisotopic (exact) mass is 457 g/mol. The van der Waals surface area contributed by atoms with Gasteiger partial charge in [-0.05, 0) is 24.3 Å². The van der Waals surface area contributed by atoms with Crippen LogP contribution in [0.2, 0.25) is 0 Å². The normalized spacial score (nSPS) is 11.5. The van der Waals surface area contributed by atoms with Gasteiger partial charge in [-0.25, -0.2) is 13.1 Å². The molecule has 0 aliphatic rings. The molecule has 2 aromatic carbocycles. The number of hydrogen-bond acceptors (Lipinski definition) is 6. The third-order valence-corrected chi connectivity index (χ3v) is 6.95. The second kappa shape index (κ2) is 9.28. The van der Waals surface area contributed by atoms with Crippen LogP contribution >= 0.6 is 0 Å². The summed E-state index contributed by atoms with van der Waals surface area (Å²) in [6, 6.07) is 12.0. The minimum atomic E-state index is -3.74. The van der Waals surface area contributed by atoms with E-state index < -0.39 is 21.8 Å². The fraction of sp³-hybridized carbons (Fsp3) is 0.238. The van der Waals surface area contributed by atoms with Crippen LogP contribution in [-0.2, 0) is 17.1 Å². The number of fused-ring (bicyclic) bond motifs is 1. The van der Waals surface area contributed by atoms with Gasteiger partial charge < -0.3 is 0 Å². The van der Waals surface area contributed by atoms with E-state index in [9.17, 15) is 22.8 Å². The summed E-state index contributed by atoms with van der Waals surface area (Å²) in [6.45, 7) is 4.05. The van der Waals surface area contributed by atoms with Crippen LogP contribution in [0.5, 0.6) is 0 Å². The topological polar surface area (TPSA) is 130 Å². The minimum absolute atomic E-state index is 0.0223. The van der Waals surface area contributed by atoms with Gasteiger partial charge in [0.05, 0.1) is 10.3 Å². The molecule has 0 fully saturated rings. The Morgan fingerprint density at radius 1 is 0.969 bits per heavy atom. The van der Waals surface area contributed by atoms with Gasteiger partial charge in [-0.3, -0.25) is 25.2 Å². The first-order chi connectivity index (χ1) is 15.2. The Labute approximate surface area is 184 Å². The minimum Gasteiger partial charge on any atom is -0.267 e. The summed E-state index contributed by atoms with van der Waals surface area (Å²) in [7, 11) is -2.32. The Balaban J connectivity index is 1.82. The van der Waals surface area contributed by atoms with Gasteiger partial charge >= 0.3 is 0 Å². The van der Waals surface area contributed by atoms with Gasteiger partial charge in [0.1, 0.15) is 0 Å². The molecule has 0 radical (unpaired) electrons. The van der Waals surface area contributed by atoms with Gasteiger partial charge in [0.25, 0.3) is 17.4 Å². The summed E-state index contributed by atoms with van der Waals surface area (Å²) in [6.07, 6.45) is 0. The van der Waals surface area contributed by atoms with Crippen LogP contribution in [-0.4, -0.2) is 47.4 Å². The summed E-state index contributed by atoms with van der Waals surface area (Å²) < 4.78 is 27.7. The lowest BCUT2D eigenvalue weighted by Gasteiger charge is -2.18. The second-order valence-electron chi connectivity index (χ2n) is 6.85. The van der Waals surface area contributed by atoms with Gasteiger partial charge in [-0.15, -0.1) is 0 Å². The van der Waals surface area contributed by atoms with Crippen molar-refractivity contribution in [2.75, 3.05) is 13.1 Å². The van der Waals surface area contributed by atoms with Crippen molar-refractivity contribution < 1.29 is 18.0 Å². The molecule has 3 rings (SSSR count). The molecule has 0 saturated heterocycles. The molecule has 1 aromatic heterocycles. The molecule has 0 saturated carbocycles. The maximum Gasteiger partial charge on any atom is 0.290 e. The van der Waals surface area contributed by atoms with E-state index in [1.54, 1.807) is 38.1 Å². The van der Waals surface area contributed by atoms with Crippen molar-refractivity contribution in [1.29, 1.82) is 0 Å². The van der Waals surface area contributed by atoms with Crippen molar-refractivity contribution in [1.82, 2.24) is 24.9 Å². The molecule has 0 aliphatic heterocycles. The Kier molecular flexibility index (Phi) is 6.70. The van der Waals surface area contributed by atoms with Gasteiger partial charge in [-0.1, -0.05) is 38.1 Å². The first kappa shape index (κ1) is 23.1. The predicted octanol–water partition coefficient (Wildman–Crippen LogP) is 1.04. The number of hydrogen-bond donors (Lipinski definition) is 2. The van der Waals surface area contributed by atoms with Crippen LogP contribution in [0, 0.1) is 0 Å². The molecule has 0 spiro atoms. The van der Waals surface area contributed by atoms with Crippen molar-refractivity contribution in [2.24, 2.45) is 7.05 Å². The largest absolute Gasteiger partial charge is 0.290 e. The molecule has 3 aromatic rings. The fourth-order valence-electron chi connectivity index (χ4n) is 3.22. The molecule has 0 unspecified atom stereocenters. The Bertz CT molecular complexity index is 1350. The number of amides is 2. The van der Waals surface area contributed by atoms with Crippen LogP contribution in [0.3, 0.4) is 0 Å². The van der Waals surface area contributed by atoms with Gasteiger partial charge in [0.15, 0.2) is 5.69 Å². The highest BCUT2D eigenvalue weighted by atomic mass is 32.2. The number of rotatable bonds is 6. The van der Waals surface area contributed by atoms with Crippen LogP contribution in [0.25, 0.3) is 10.8 Å². The molecule has 2 N–H and O–H groups in total. The van der Waals surface area contributed by atoms with Crippen LogP contribution in [0.1, 0.15) is 34.7 Å².